The highest BCUT2D eigenvalue weighted by Gasteiger charge is 2.14. The normalized spacial score (nSPS) is 11.6. The van der Waals surface area contributed by atoms with E-state index >= 15 is 0 Å². The number of amides is 1. The Balaban J connectivity index is 2.56. The molecule has 0 fully saturated rings. The lowest BCUT2D eigenvalue weighted by atomic mass is 10.1. The number of hydrogen-bond donors (Lipinski definition) is 1. The molecule has 0 aliphatic heterocycles. The van der Waals surface area contributed by atoms with Gasteiger partial charge in [0.15, 0.2) is 0 Å². The van der Waals surface area contributed by atoms with Crippen molar-refractivity contribution in [3.05, 3.63) is 35.6 Å². The number of halogens is 1. The molecule has 1 aromatic carbocycles. The highest BCUT2D eigenvalue weighted by molar-refractivity contribution is 5.80. The molecule has 1 rings (SSSR count). The number of carbonyl (C=O) groups is 1. The van der Waals surface area contributed by atoms with Crippen LogP contribution in [-0.2, 0) is 11.3 Å². The third-order valence-electron chi connectivity index (χ3n) is 2.29. The Kier molecular flexibility index (Phi) is 4.46. The molecule has 0 bridgehead atoms. The summed E-state index contributed by atoms with van der Waals surface area (Å²) in [7, 11) is 0. The van der Waals surface area contributed by atoms with Crippen LogP contribution in [0.3, 0.4) is 0 Å². The van der Waals surface area contributed by atoms with E-state index in [2.05, 4.69) is 5.32 Å². The van der Waals surface area contributed by atoms with E-state index in [9.17, 15) is 9.18 Å². The van der Waals surface area contributed by atoms with Gasteiger partial charge in [-0.25, -0.2) is 4.39 Å². The van der Waals surface area contributed by atoms with Crippen LogP contribution in [0.4, 0.5) is 4.39 Å². The number of hydrogen-bond acceptors (Lipinski definition) is 2. The molecular weight excluding hydrogens is 207 g/mol. The van der Waals surface area contributed by atoms with E-state index in [1.54, 1.807) is 25.1 Å². The minimum absolute atomic E-state index is 0.115. The van der Waals surface area contributed by atoms with E-state index in [0.29, 0.717) is 12.0 Å². The van der Waals surface area contributed by atoms with Crippen LogP contribution >= 0.6 is 0 Å². The second-order valence-electron chi connectivity index (χ2n) is 3.40. The second kappa shape index (κ2) is 5.86. The highest BCUT2D eigenvalue weighted by atomic mass is 19.1. The van der Waals surface area contributed by atoms with Gasteiger partial charge < -0.3 is 5.32 Å². The van der Waals surface area contributed by atoms with E-state index in [0.717, 1.165) is 0 Å². The molecular formula is C12H13FN2O. The molecule has 3 nitrogen and oxygen atoms in total. The zero-order chi connectivity index (χ0) is 12.0. The molecule has 1 amide bonds. The van der Waals surface area contributed by atoms with Crippen LogP contribution < -0.4 is 5.32 Å². The van der Waals surface area contributed by atoms with Gasteiger partial charge in [0.2, 0.25) is 5.91 Å². The summed E-state index contributed by atoms with van der Waals surface area (Å²) in [6, 6.07) is 8.12. The number of nitrogens with zero attached hydrogens (tertiary/aromatic N) is 1. The number of nitrogens with one attached hydrogen (secondary N) is 1. The Morgan fingerprint density at radius 1 is 1.56 bits per heavy atom. The van der Waals surface area contributed by atoms with Gasteiger partial charge in [0.05, 0.1) is 6.07 Å². The topological polar surface area (TPSA) is 52.9 Å². The van der Waals surface area contributed by atoms with E-state index < -0.39 is 5.92 Å². The van der Waals surface area contributed by atoms with Crippen LogP contribution in [-0.4, -0.2) is 5.91 Å². The summed E-state index contributed by atoms with van der Waals surface area (Å²) < 4.78 is 13.2. The Morgan fingerprint density at radius 2 is 2.25 bits per heavy atom. The summed E-state index contributed by atoms with van der Waals surface area (Å²) in [6.07, 6.45) is 0.458. The number of carbonyl (C=O) groups excluding carboxylic acids is 1. The molecule has 1 aromatic rings. The first-order valence-electron chi connectivity index (χ1n) is 5.09. The van der Waals surface area contributed by atoms with Crippen LogP contribution in [0.1, 0.15) is 18.9 Å². The van der Waals surface area contributed by atoms with Crippen molar-refractivity contribution in [2.24, 2.45) is 5.92 Å². The summed E-state index contributed by atoms with van der Waals surface area (Å²) in [5.41, 5.74) is 0.420. The Bertz CT molecular complexity index is 412. The lowest BCUT2D eigenvalue weighted by Crippen LogP contribution is -2.29. The van der Waals surface area contributed by atoms with Crippen LogP contribution in [0, 0.1) is 23.1 Å². The van der Waals surface area contributed by atoms with Gasteiger partial charge in [0.1, 0.15) is 11.7 Å². The summed E-state index contributed by atoms with van der Waals surface area (Å²) in [6.45, 7) is 1.88. The van der Waals surface area contributed by atoms with Crippen molar-refractivity contribution in [1.29, 1.82) is 5.26 Å². The van der Waals surface area contributed by atoms with Crippen molar-refractivity contribution in [1.82, 2.24) is 5.32 Å². The van der Waals surface area contributed by atoms with Crippen molar-refractivity contribution in [3.8, 4) is 6.07 Å². The van der Waals surface area contributed by atoms with Crippen LogP contribution in [0.5, 0.6) is 0 Å². The van der Waals surface area contributed by atoms with Gasteiger partial charge in [-0.15, -0.1) is 0 Å². The van der Waals surface area contributed by atoms with Gasteiger partial charge in [-0.05, 0) is 12.5 Å². The van der Waals surface area contributed by atoms with Gasteiger partial charge in [0, 0.05) is 12.1 Å². The smallest absolute Gasteiger partial charge is 0.237 e. The minimum Gasteiger partial charge on any atom is -0.351 e. The van der Waals surface area contributed by atoms with Crippen molar-refractivity contribution in [2.45, 2.75) is 19.9 Å². The average Bonchev–Trinajstić information content (AvgIpc) is 2.29. The molecule has 1 unspecified atom stereocenters. The molecule has 0 saturated carbocycles. The first kappa shape index (κ1) is 12.2. The molecule has 84 valence electrons. The Labute approximate surface area is 93.9 Å². The van der Waals surface area contributed by atoms with Crippen LogP contribution in [0.25, 0.3) is 0 Å². The largest absolute Gasteiger partial charge is 0.351 e. The number of benzene rings is 1. The maximum Gasteiger partial charge on any atom is 0.237 e. The van der Waals surface area contributed by atoms with Gasteiger partial charge in [0.25, 0.3) is 0 Å². The van der Waals surface area contributed by atoms with Gasteiger partial charge >= 0.3 is 0 Å². The third-order valence-corrected chi connectivity index (χ3v) is 2.29. The fourth-order valence-corrected chi connectivity index (χ4v) is 1.28. The summed E-state index contributed by atoms with van der Waals surface area (Å²) in [5.74, 6) is -1.37. The summed E-state index contributed by atoms with van der Waals surface area (Å²) in [5, 5.41) is 11.2. The first-order valence-corrected chi connectivity index (χ1v) is 5.09. The van der Waals surface area contributed by atoms with Gasteiger partial charge in [-0.2, -0.15) is 5.26 Å². The molecule has 4 heteroatoms. The molecule has 0 aromatic heterocycles. The third kappa shape index (κ3) is 3.06. The zero-order valence-electron chi connectivity index (χ0n) is 9.03. The minimum atomic E-state index is -0.660. The predicted molar refractivity (Wildman–Crippen MR) is 57.6 cm³/mol. The van der Waals surface area contributed by atoms with Crippen LogP contribution in [0.2, 0.25) is 0 Å². The van der Waals surface area contributed by atoms with Crippen molar-refractivity contribution in [2.75, 3.05) is 0 Å². The summed E-state index contributed by atoms with van der Waals surface area (Å²) in [4.78, 5) is 11.4. The van der Waals surface area contributed by atoms with Crippen LogP contribution in [0.15, 0.2) is 24.3 Å². The molecule has 16 heavy (non-hydrogen) atoms. The van der Waals surface area contributed by atoms with E-state index in [1.807, 2.05) is 6.07 Å². The Hall–Kier alpha value is -1.89. The predicted octanol–water partition coefficient (Wildman–Crippen LogP) is 1.99. The maximum atomic E-state index is 13.2. The maximum absolute atomic E-state index is 13.2. The van der Waals surface area contributed by atoms with Crippen molar-refractivity contribution in [3.63, 3.8) is 0 Å². The standard InChI is InChI=1S/C12H13FN2O/c1-2-9(7-14)12(16)15-8-10-5-3-4-6-11(10)13/h3-6,9H,2,8H2,1H3,(H,15,16). The average molecular weight is 220 g/mol. The number of nitriles is 1. The SMILES string of the molecule is CCC(C#N)C(=O)NCc1ccccc1F. The molecule has 0 spiro atoms. The van der Waals surface area contributed by atoms with Crippen molar-refractivity contribution < 1.29 is 9.18 Å². The molecule has 1 N–H and O–H groups in total. The zero-order valence-corrected chi connectivity index (χ0v) is 9.03. The van der Waals surface area contributed by atoms with E-state index in [1.165, 1.54) is 6.07 Å². The number of rotatable bonds is 4. The van der Waals surface area contributed by atoms with E-state index in [4.69, 9.17) is 5.26 Å². The lowest BCUT2D eigenvalue weighted by Gasteiger charge is -2.08. The fraction of sp³-hybridized carbons (Fsp3) is 0.333. The molecule has 0 radical (unpaired) electrons. The second-order valence-corrected chi connectivity index (χ2v) is 3.40. The molecule has 0 saturated heterocycles. The lowest BCUT2D eigenvalue weighted by molar-refractivity contribution is -0.123. The monoisotopic (exact) mass is 220 g/mol. The van der Waals surface area contributed by atoms with E-state index in [-0.39, 0.29) is 18.3 Å². The highest BCUT2D eigenvalue weighted by Crippen LogP contribution is 2.06. The first-order chi connectivity index (χ1) is 7.69. The molecule has 0 heterocycles. The summed E-state index contributed by atoms with van der Waals surface area (Å²) >= 11 is 0. The van der Waals surface area contributed by atoms with Gasteiger partial charge in [-0.1, -0.05) is 25.1 Å². The van der Waals surface area contributed by atoms with Gasteiger partial charge in [-0.3, -0.25) is 4.79 Å². The van der Waals surface area contributed by atoms with Crippen molar-refractivity contribution >= 4 is 5.91 Å². The molecule has 1 atom stereocenters. The quantitative estimate of drug-likeness (QED) is 0.843. The Morgan fingerprint density at radius 3 is 2.81 bits per heavy atom. The fourth-order valence-electron chi connectivity index (χ4n) is 1.28. The molecule has 0 aliphatic rings. The molecule has 0 aliphatic carbocycles.